The Labute approximate surface area is 113 Å². The van der Waals surface area contributed by atoms with E-state index >= 15 is 0 Å². The Kier molecular flexibility index (Phi) is 4.69. The summed E-state index contributed by atoms with van der Waals surface area (Å²) in [4.78, 5) is 11.8. The summed E-state index contributed by atoms with van der Waals surface area (Å²) in [5.74, 6) is -0.830. The normalized spacial score (nSPS) is 13.2. The van der Waals surface area contributed by atoms with E-state index in [9.17, 15) is 9.18 Å². The first-order valence-corrected chi connectivity index (χ1v) is 6.34. The largest absolute Gasteiger partial charge is 0.459 e. The molecule has 0 aliphatic rings. The Balaban J connectivity index is 2.83. The molecular weight excluding hydrogens is 245 g/mol. The van der Waals surface area contributed by atoms with Gasteiger partial charge in [0, 0.05) is 6.42 Å². The second-order valence-corrected chi connectivity index (χ2v) is 5.89. The molecule has 0 aromatic heterocycles. The van der Waals surface area contributed by atoms with Crippen LogP contribution in [0.25, 0.3) is 0 Å². The van der Waals surface area contributed by atoms with Gasteiger partial charge in [0.15, 0.2) is 0 Å². The number of benzene rings is 1. The van der Waals surface area contributed by atoms with Gasteiger partial charge in [0.25, 0.3) is 0 Å². The van der Waals surface area contributed by atoms with Gasteiger partial charge in [-0.05, 0) is 57.4 Å². The van der Waals surface area contributed by atoms with Crippen LogP contribution in [0, 0.1) is 19.7 Å². The molecule has 0 heterocycles. The van der Waals surface area contributed by atoms with Crippen LogP contribution in [-0.2, 0) is 16.0 Å². The molecule has 0 bridgehead atoms. The summed E-state index contributed by atoms with van der Waals surface area (Å²) >= 11 is 0. The van der Waals surface area contributed by atoms with E-state index in [1.54, 1.807) is 20.8 Å². The lowest BCUT2D eigenvalue weighted by atomic mass is 9.98. The van der Waals surface area contributed by atoms with Crippen LogP contribution in [0.5, 0.6) is 0 Å². The SMILES string of the molecule is Cc1cc(C)c(C[C@H](N)C(=O)OC(C)(C)C)c(F)c1. The molecule has 19 heavy (non-hydrogen) atoms. The van der Waals surface area contributed by atoms with Crippen LogP contribution < -0.4 is 5.73 Å². The number of halogens is 1. The molecule has 0 saturated carbocycles. The van der Waals surface area contributed by atoms with Gasteiger partial charge in [0.05, 0.1) is 0 Å². The highest BCUT2D eigenvalue weighted by Gasteiger charge is 2.23. The van der Waals surface area contributed by atoms with Gasteiger partial charge in [-0.3, -0.25) is 4.79 Å². The Morgan fingerprint density at radius 3 is 2.42 bits per heavy atom. The molecule has 0 fully saturated rings. The van der Waals surface area contributed by atoms with Crippen molar-refractivity contribution >= 4 is 5.97 Å². The zero-order valence-corrected chi connectivity index (χ0v) is 12.2. The van der Waals surface area contributed by atoms with E-state index in [4.69, 9.17) is 10.5 Å². The minimum atomic E-state index is -0.852. The summed E-state index contributed by atoms with van der Waals surface area (Å²) in [6.45, 7) is 8.96. The number of nitrogens with two attached hydrogens (primary N) is 1. The molecule has 3 nitrogen and oxygen atoms in total. The Morgan fingerprint density at radius 2 is 1.95 bits per heavy atom. The van der Waals surface area contributed by atoms with Gasteiger partial charge in [0.1, 0.15) is 17.5 Å². The maximum atomic E-state index is 13.9. The van der Waals surface area contributed by atoms with Gasteiger partial charge < -0.3 is 10.5 Å². The van der Waals surface area contributed by atoms with Crippen molar-refractivity contribution in [1.29, 1.82) is 0 Å². The molecule has 0 aliphatic carbocycles. The summed E-state index contributed by atoms with van der Waals surface area (Å²) < 4.78 is 19.1. The maximum Gasteiger partial charge on any atom is 0.323 e. The van der Waals surface area contributed by atoms with Crippen LogP contribution in [0.15, 0.2) is 12.1 Å². The minimum absolute atomic E-state index is 0.146. The molecule has 0 amide bonds. The third-order valence-electron chi connectivity index (χ3n) is 2.70. The highest BCUT2D eigenvalue weighted by molar-refractivity contribution is 5.76. The Hall–Kier alpha value is -1.42. The van der Waals surface area contributed by atoms with Crippen molar-refractivity contribution in [2.24, 2.45) is 5.73 Å². The highest BCUT2D eigenvalue weighted by atomic mass is 19.1. The summed E-state index contributed by atoms with van der Waals surface area (Å²) in [5.41, 5.74) is 7.33. The zero-order valence-electron chi connectivity index (χ0n) is 12.2. The molecule has 0 unspecified atom stereocenters. The lowest BCUT2D eigenvalue weighted by Gasteiger charge is -2.22. The number of carbonyl (C=O) groups is 1. The minimum Gasteiger partial charge on any atom is -0.459 e. The second kappa shape index (κ2) is 5.70. The van der Waals surface area contributed by atoms with E-state index in [1.165, 1.54) is 6.07 Å². The Morgan fingerprint density at radius 1 is 1.37 bits per heavy atom. The molecular formula is C15H22FNO2. The molecule has 0 radical (unpaired) electrons. The van der Waals surface area contributed by atoms with E-state index in [-0.39, 0.29) is 12.2 Å². The average Bonchev–Trinajstić information content (AvgIpc) is 2.20. The monoisotopic (exact) mass is 267 g/mol. The number of rotatable bonds is 3. The summed E-state index contributed by atoms with van der Waals surface area (Å²) in [6.07, 6.45) is 0.146. The summed E-state index contributed by atoms with van der Waals surface area (Å²) in [5, 5.41) is 0. The molecule has 0 spiro atoms. The molecule has 0 aliphatic heterocycles. The predicted octanol–water partition coefficient (Wildman–Crippen LogP) is 2.65. The quantitative estimate of drug-likeness (QED) is 0.857. The first kappa shape index (κ1) is 15.6. The molecule has 106 valence electrons. The van der Waals surface area contributed by atoms with E-state index < -0.39 is 17.6 Å². The highest BCUT2D eigenvalue weighted by Crippen LogP contribution is 2.18. The first-order chi connectivity index (χ1) is 8.60. The molecule has 4 heteroatoms. The lowest BCUT2D eigenvalue weighted by molar-refractivity contribution is -0.156. The van der Waals surface area contributed by atoms with Gasteiger partial charge in [-0.15, -0.1) is 0 Å². The summed E-state index contributed by atoms with van der Waals surface area (Å²) in [6, 6.07) is 2.47. The van der Waals surface area contributed by atoms with Crippen molar-refractivity contribution in [2.45, 2.75) is 52.7 Å². The van der Waals surface area contributed by atoms with Crippen molar-refractivity contribution in [3.63, 3.8) is 0 Å². The lowest BCUT2D eigenvalue weighted by Crippen LogP contribution is -2.39. The molecule has 2 N–H and O–H groups in total. The van der Waals surface area contributed by atoms with Gasteiger partial charge >= 0.3 is 5.97 Å². The van der Waals surface area contributed by atoms with E-state index in [2.05, 4.69) is 0 Å². The van der Waals surface area contributed by atoms with Crippen molar-refractivity contribution in [3.8, 4) is 0 Å². The van der Waals surface area contributed by atoms with Crippen LogP contribution in [0.3, 0.4) is 0 Å². The Bertz CT molecular complexity index is 455. The van der Waals surface area contributed by atoms with Crippen molar-refractivity contribution < 1.29 is 13.9 Å². The second-order valence-electron chi connectivity index (χ2n) is 5.89. The summed E-state index contributed by atoms with van der Waals surface area (Å²) in [7, 11) is 0. The van der Waals surface area contributed by atoms with Gasteiger partial charge in [-0.25, -0.2) is 4.39 Å². The molecule has 1 rings (SSSR count). The smallest absolute Gasteiger partial charge is 0.323 e. The number of ether oxygens (including phenoxy) is 1. The van der Waals surface area contributed by atoms with Crippen molar-refractivity contribution in [1.82, 2.24) is 0 Å². The fourth-order valence-corrected chi connectivity index (χ4v) is 1.88. The van der Waals surface area contributed by atoms with E-state index in [0.717, 1.165) is 11.1 Å². The number of hydrogen-bond donors (Lipinski definition) is 1. The van der Waals surface area contributed by atoms with Gasteiger partial charge in [-0.1, -0.05) is 6.07 Å². The topological polar surface area (TPSA) is 52.3 Å². The maximum absolute atomic E-state index is 13.9. The van der Waals surface area contributed by atoms with Crippen molar-refractivity contribution in [2.75, 3.05) is 0 Å². The third-order valence-corrected chi connectivity index (χ3v) is 2.70. The molecule has 1 aromatic carbocycles. The van der Waals surface area contributed by atoms with E-state index in [0.29, 0.717) is 5.56 Å². The molecule has 0 saturated heterocycles. The number of esters is 1. The van der Waals surface area contributed by atoms with Crippen LogP contribution in [0.4, 0.5) is 4.39 Å². The molecule has 1 aromatic rings. The van der Waals surface area contributed by atoms with Crippen LogP contribution >= 0.6 is 0 Å². The third kappa shape index (κ3) is 4.63. The van der Waals surface area contributed by atoms with Crippen molar-refractivity contribution in [3.05, 3.63) is 34.6 Å². The molecule has 1 atom stereocenters. The van der Waals surface area contributed by atoms with E-state index in [1.807, 2.05) is 19.9 Å². The van der Waals surface area contributed by atoms with Crippen LogP contribution in [0.1, 0.15) is 37.5 Å². The van der Waals surface area contributed by atoms with Crippen LogP contribution in [-0.4, -0.2) is 17.6 Å². The standard InChI is InChI=1S/C15H22FNO2/c1-9-6-10(2)11(12(16)7-9)8-13(17)14(18)19-15(3,4)5/h6-7,13H,8,17H2,1-5H3/t13-/m0/s1. The predicted molar refractivity (Wildman–Crippen MR) is 73.4 cm³/mol. The zero-order chi connectivity index (χ0) is 14.8. The number of hydrogen-bond acceptors (Lipinski definition) is 3. The van der Waals surface area contributed by atoms with Gasteiger partial charge in [0.2, 0.25) is 0 Å². The first-order valence-electron chi connectivity index (χ1n) is 6.34. The fraction of sp³-hybridized carbons (Fsp3) is 0.533. The average molecular weight is 267 g/mol. The number of carbonyl (C=O) groups excluding carboxylic acids is 1. The van der Waals surface area contributed by atoms with Gasteiger partial charge in [-0.2, -0.15) is 0 Å². The number of aryl methyl sites for hydroxylation is 2. The van der Waals surface area contributed by atoms with Crippen LogP contribution in [0.2, 0.25) is 0 Å². The fourth-order valence-electron chi connectivity index (χ4n) is 1.88.